The zero-order chi connectivity index (χ0) is 17.4. The first-order valence-electron chi connectivity index (χ1n) is 8.97. The van der Waals surface area contributed by atoms with Crippen molar-refractivity contribution in [3.05, 3.63) is 0 Å². The van der Waals surface area contributed by atoms with E-state index in [4.69, 9.17) is 5.11 Å². The lowest BCUT2D eigenvalue weighted by atomic mass is 10.1. The van der Waals surface area contributed by atoms with E-state index in [9.17, 15) is 14.4 Å². The number of rotatable bonds is 9. The van der Waals surface area contributed by atoms with Crippen LogP contribution in [0, 0.1) is 5.92 Å². The van der Waals surface area contributed by atoms with Crippen LogP contribution in [0.2, 0.25) is 0 Å². The van der Waals surface area contributed by atoms with E-state index in [1.165, 1.54) is 0 Å². The summed E-state index contributed by atoms with van der Waals surface area (Å²) in [7, 11) is 0. The van der Waals surface area contributed by atoms with Crippen molar-refractivity contribution in [2.75, 3.05) is 18.2 Å². The molecule has 0 aromatic carbocycles. The number of thioether (sulfide) groups is 1. The van der Waals surface area contributed by atoms with Crippen LogP contribution in [0.4, 0.5) is 0 Å². The normalized spacial score (nSPS) is 21.2. The molecule has 1 atom stereocenters. The van der Waals surface area contributed by atoms with Gasteiger partial charge in [0.15, 0.2) is 0 Å². The topological polar surface area (TPSA) is 86.7 Å². The molecule has 2 rings (SSSR count). The van der Waals surface area contributed by atoms with Crippen LogP contribution < -0.4 is 5.32 Å². The number of nitrogens with one attached hydrogen (secondary N) is 1. The number of hydrogen-bond donors (Lipinski definition) is 2. The summed E-state index contributed by atoms with van der Waals surface area (Å²) in [5, 5.41) is 11.5. The monoisotopic (exact) mass is 356 g/mol. The Kier molecular flexibility index (Phi) is 7.88. The molecular formula is C17H28N2O4S. The predicted octanol–water partition coefficient (Wildman–Crippen LogP) is 2.23. The second-order valence-electron chi connectivity index (χ2n) is 6.65. The van der Waals surface area contributed by atoms with Gasteiger partial charge in [0.1, 0.15) is 6.04 Å². The van der Waals surface area contributed by atoms with Crippen LogP contribution in [0.5, 0.6) is 0 Å². The molecule has 2 amide bonds. The summed E-state index contributed by atoms with van der Waals surface area (Å²) < 4.78 is 0. The quantitative estimate of drug-likeness (QED) is 0.619. The van der Waals surface area contributed by atoms with Crippen LogP contribution in [0.3, 0.4) is 0 Å². The third-order valence-corrected chi connectivity index (χ3v) is 5.80. The van der Waals surface area contributed by atoms with Crippen LogP contribution in [-0.2, 0) is 14.4 Å². The van der Waals surface area contributed by atoms with E-state index in [0.29, 0.717) is 24.6 Å². The Bertz CT molecular complexity index is 452. The van der Waals surface area contributed by atoms with Crippen molar-refractivity contribution < 1.29 is 19.5 Å². The molecule has 1 aliphatic heterocycles. The Hall–Kier alpha value is -1.24. The van der Waals surface area contributed by atoms with Gasteiger partial charge in [-0.2, -0.15) is 0 Å². The Morgan fingerprint density at radius 1 is 1.08 bits per heavy atom. The minimum Gasteiger partial charge on any atom is -0.481 e. The van der Waals surface area contributed by atoms with E-state index in [0.717, 1.165) is 44.9 Å². The highest BCUT2D eigenvalue weighted by molar-refractivity contribution is 7.99. The molecule has 2 N–H and O–H groups in total. The molecule has 0 aromatic heterocycles. The molecule has 136 valence electrons. The van der Waals surface area contributed by atoms with E-state index < -0.39 is 5.97 Å². The van der Waals surface area contributed by atoms with Gasteiger partial charge in [0.25, 0.3) is 0 Å². The maximum atomic E-state index is 12.6. The molecule has 1 heterocycles. The average molecular weight is 356 g/mol. The van der Waals surface area contributed by atoms with Crippen molar-refractivity contribution in [2.45, 2.75) is 63.8 Å². The molecule has 1 unspecified atom stereocenters. The number of unbranched alkanes of at least 4 members (excludes halogenated alkanes) is 3. The number of amides is 2. The van der Waals surface area contributed by atoms with E-state index in [-0.39, 0.29) is 30.2 Å². The fourth-order valence-corrected chi connectivity index (χ4v) is 4.53. The second kappa shape index (κ2) is 9.91. The van der Waals surface area contributed by atoms with Crippen LogP contribution in [0.25, 0.3) is 0 Å². The number of hydrogen-bond acceptors (Lipinski definition) is 4. The number of carboxylic acids is 1. The minimum atomic E-state index is -0.756. The van der Waals surface area contributed by atoms with Crippen molar-refractivity contribution >= 4 is 29.5 Å². The van der Waals surface area contributed by atoms with Crippen molar-refractivity contribution in [3.8, 4) is 0 Å². The first-order chi connectivity index (χ1) is 11.6. The molecule has 2 fully saturated rings. The summed E-state index contributed by atoms with van der Waals surface area (Å²) in [5.41, 5.74) is 0. The van der Waals surface area contributed by atoms with Gasteiger partial charge in [0.05, 0.1) is 5.88 Å². The number of nitrogens with zero attached hydrogens (tertiary/aromatic N) is 1. The summed E-state index contributed by atoms with van der Waals surface area (Å²) in [6.45, 7) is 0.596. The number of aliphatic carboxylic acids is 1. The molecule has 1 saturated heterocycles. The molecule has 1 saturated carbocycles. The molecule has 7 heteroatoms. The largest absolute Gasteiger partial charge is 0.481 e. The Morgan fingerprint density at radius 3 is 2.50 bits per heavy atom. The minimum absolute atomic E-state index is 0.0446. The van der Waals surface area contributed by atoms with Gasteiger partial charge >= 0.3 is 5.97 Å². The summed E-state index contributed by atoms with van der Waals surface area (Å²) in [4.78, 5) is 37.1. The van der Waals surface area contributed by atoms with E-state index >= 15 is 0 Å². The van der Waals surface area contributed by atoms with Crippen molar-refractivity contribution in [1.82, 2.24) is 10.2 Å². The predicted molar refractivity (Wildman–Crippen MR) is 93.6 cm³/mol. The maximum absolute atomic E-state index is 12.6. The van der Waals surface area contributed by atoms with Crippen LogP contribution in [-0.4, -0.2) is 52.0 Å². The molecule has 0 aromatic rings. The zero-order valence-corrected chi connectivity index (χ0v) is 15.0. The van der Waals surface area contributed by atoms with E-state index in [1.807, 2.05) is 0 Å². The smallest absolute Gasteiger partial charge is 0.303 e. The van der Waals surface area contributed by atoms with Gasteiger partial charge in [-0.1, -0.05) is 25.7 Å². The van der Waals surface area contributed by atoms with Crippen LogP contribution in [0.1, 0.15) is 57.8 Å². The first kappa shape index (κ1) is 19.1. The molecule has 2 aliphatic rings. The van der Waals surface area contributed by atoms with E-state index in [2.05, 4.69) is 5.32 Å². The lowest BCUT2D eigenvalue weighted by Gasteiger charge is -2.25. The Morgan fingerprint density at radius 2 is 1.79 bits per heavy atom. The van der Waals surface area contributed by atoms with Crippen molar-refractivity contribution in [3.63, 3.8) is 0 Å². The highest BCUT2D eigenvalue weighted by Crippen LogP contribution is 2.30. The van der Waals surface area contributed by atoms with Gasteiger partial charge in [-0.3, -0.25) is 14.4 Å². The third-order valence-electron chi connectivity index (χ3n) is 4.79. The molecule has 24 heavy (non-hydrogen) atoms. The Labute approximate surface area is 147 Å². The van der Waals surface area contributed by atoms with Crippen LogP contribution in [0.15, 0.2) is 0 Å². The van der Waals surface area contributed by atoms with Crippen molar-refractivity contribution in [1.29, 1.82) is 0 Å². The lowest BCUT2D eigenvalue weighted by molar-refractivity contribution is -0.141. The molecule has 0 bridgehead atoms. The van der Waals surface area contributed by atoms with Crippen molar-refractivity contribution in [2.24, 2.45) is 5.92 Å². The van der Waals surface area contributed by atoms with Gasteiger partial charge in [-0.05, 0) is 25.7 Å². The van der Waals surface area contributed by atoms with E-state index in [1.54, 1.807) is 16.7 Å². The summed E-state index contributed by atoms with van der Waals surface area (Å²) >= 11 is 1.65. The molecule has 1 aliphatic carbocycles. The van der Waals surface area contributed by atoms with Gasteiger partial charge < -0.3 is 15.3 Å². The molecular weight excluding hydrogens is 328 g/mol. The molecule has 0 radical (unpaired) electrons. The fraction of sp³-hybridized carbons (Fsp3) is 0.824. The summed E-state index contributed by atoms with van der Waals surface area (Å²) in [6, 6.07) is -0.324. The maximum Gasteiger partial charge on any atom is 0.303 e. The number of carbonyl (C=O) groups excluding carboxylic acids is 2. The Balaban J connectivity index is 1.65. The standard InChI is InChI=1S/C17H28N2O4S/c20-15(21)9-3-1-2-6-10-18-16(22)14-11-24-12-19(14)17(23)13-7-4-5-8-13/h13-14H,1-12H2,(H,18,22)(H,20,21). The SMILES string of the molecule is O=C(O)CCCCCCNC(=O)C1CSCN1C(=O)C1CCCC1. The molecule has 6 nitrogen and oxygen atoms in total. The van der Waals surface area contributed by atoms with Gasteiger partial charge in [-0.15, -0.1) is 11.8 Å². The summed E-state index contributed by atoms with van der Waals surface area (Å²) in [6.07, 6.45) is 7.70. The van der Waals surface area contributed by atoms with Gasteiger partial charge in [0.2, 0.25) is 11.8 Å². The van der Waals surface area contributed by atoms with Gasteiger partial charge in [0, 0.05) is 24.6 Å². The van der Waals surface area contributed by atoms with Crippen LogP contribution >= 0.6 is 11.8 Å². The molecule has 0 spiro atoms. The number of carbonyl (C=O) groups is 3. The third kappa shape index (κ3) is 5.69. The highest BCUT2D eigenvalue weighted by atomic mass is 32.2. The lowest BCUT2D eigenvalue weighted by Crippen LogP contribution is -2.48. The fourth-order valence-electron chi connectivity index (χ4n) is 3.37. The number of carboxylic acid groups (broad SMARTS) is 1. The summed E-state index contributed by atoms with van der Waals surface area (Å²) in [5.74, 6) is 0.788. The average Bonchev–Trinajstić information content (AvgIpc) is 3.24. The highest BCUT2D eigenvalue weighted by Gasteiger charge is 2.38. The second-order valence-corrected chi connectivity index (χ2v) is 7.65. The zero-order valence-electron chi connectivity index (χ0n) is 14.2. The van der Waals surface area contributed by atoms with Gasteiger partial charge in [-0.25, -0.2) is 0 Å². The first-order valence-corrected chi connectivity index (χ1v) is 10.1.